The van der Waals surface area contributed by atoms with Crippen LogP contribution in [0.3, 0.4) is 0 Å². The molecular formula is C21H16BrF2N2OS2+. The summed E-state index contributed by atoms with van der Waals surface area (Å²) in [5.74, 6) is -2.48. The molecular weight excluding hydrogens is 478 g/mol. The molecule has 1 aromatic heterocycles. The summed E-state index contributed by atoms with van der Waals surface area (Å²) in [5.41, 5.74) is 1.60. The lowest BCUT2D eigenvalue weighted by atomic mass is 10.1. The molecule has 0 unspecified atom stereocenters. The van der Waals surface area contributed by atoms with Gasteiger partial charge in [-0.2, -0.15) is 13.3 Å². The zero-order valence-electron chi connectivity index (χ0n) is 14.9. The largest absolute Gasteiger partial charge is 0.502 e. The number of nitrogens with zero attached hydrogens (tertiary/aromatic N) is 1. The van der Waals surface area contributed by atoms with Gasteiger partial charge in [0.25, 0.3) is 11.5 Å². The van der Waals surface area contributed by atoms with Crippen molar-refractivity contribution in [1.29, 1.82) is 0 Å². The second-order valence-electron chi connectivity index (χ2n) is 5.82. The van der Waals surface area contributed by atoms with E-state index >= 15 is 0 Å². The van der Waals surface area contributed by atoms with E-state index in [9.17, 15) is 13.9 Å². The van der Waals surface area contributed by atoms with E-state index in [4.69, 9.17) is 12.2 Å². The molecule has 0 saturated carbocycles. The fourth-order valence-corrected chi connectivity index (χ4v) is 3.88. The number of nitrogens with one attached hydrogen (secondary N) is 1. The van der Waals surface area contributed by atoms with Gasteiger partial charge >= 0.3 is 0 Å². The Hall–Kier alpha value is -2.29. The number of alkyl halides is 2. The predicted octanol–water partition coefficient (Wildman–Crippen LogP) is 6.37. The van der Waals surface area contributed by atoms with Crippen LogP contribution in [0.4, 0.5) is 14.5 Å². The molecule has 0 aliphatic rings. The summed E-state index contributed by atoms with van der Waals surface area (Å²) >= 11 is 9.50. The van der Waals surface area contributed by atoms with Crippen molar-refractivity contribution in [2.75, 3.05) is 5.32 Å². The maximum atomic E-state index is 12.5. The summed E-state index contributed by atoms with van der Waals surface area (Å²) in [6.07, 6.45) is 3.55. The summed E-state index contributed by atoms with van der Waals surface area (Å²) in [5, 5.41) is 14.1. The first-order valence-corrected chi connectivity index (χ1v) is 10.5. The van der Waals surface area contributed by atoms with Gasteiger partial charge in [-0.25, -0.2) is 0 Å². The quantitative estimate of drug-likeness (QED) is 0.137. The van der Waals surface area contributed by atoms with Crippen LogP contribution in [0.2, 0.25) is 0 Å². The van der Waals surface area contributed by atoms with E-state index in [1.54, 1.807) is 47.3 Å². The lowest BCUT2D eigenvalue weighted by Crippen LogP contribution is -2.38. The molecule has 0 amide bonds. The van der Waals surface area contributed by atoms with Gasteiger partial charge in [0.1, 0.15) is 0 Å². The second kappa shape index (κ2) is 9.96. The molecule has 3 aromatic rings. The Bertz CT molecular complexity index is 1030. The molecule has 29 heavy (non-hydrogen) atoms. The van der Waals surface area contributed by atoms with Crippen LogP contribution in [0.25, 0.3) is 11.5 Å². The highest BCUT2D eigenvalue weighted by molar-refractivity contribution is 9.10. The van der Waals surface area contributed by atoms with Gasteiger partial charge in [-0.15, -0.1) is 0 Å². The third kappa shape index (κ3) is 5.62. The van der Waals surface area contributed by atoms with Gasteiger partial charge in [-0.05, 0) is 36.4 Å². The van der Waals surface area contributed by atoms with Gasteiger partial charge in [-0.1, -0.05) is 58.1 Å². The maximum Gasteiger partial charge on any atom is 0.288 e. The van der Waals surface area contributed by atoms with E-state index in [-0.39, 0.29) is 10.7 Å². The van der Waals surface area contributed by atoms with E-state index in [0.717, 1.165) is 4.47 Å². The number of halogens is 3. The van der Waals surface area contributed by atoms with Crippen LogP contribution in [0.5, 0.6) is 0 Å². The Balaban J connectivity index is 1.96. The molecule has 2 aromatic carbocycles. The van der Waals surface area contributed by atoms with E-state index in [0.29, 0.717) is 33.6 Å². The number of aliphatic hydroxyl groups excluding tert-OH is 1. The van der Waals surface area contributed by atoms with E-state index in [1.165, 1.54) is 0 Å². The van der Waals surface area contributed by atoms with Gasteiger partial charge in [0.05, 0.1) is 0 Å². The minimum Gasteiger partial charge on any atom is -0.502 e. The average molecular weight is 494 g/mol. The van der Waals surface area contributed by atoms with E-state index in [1.807, 2.05) is 36.4 Å². The van der Waals surface area contributed by atoms with E-state index < -0.39 is 5.76 Å². The molecule has 8 heteroatoms. The van der Waals surface area contributed by atoms with Crippen molar-refractivity contribution in [2.24, 2.45) is 0 Å². The topological polar surface area (TPSA) is 36.1 Å². The first-order chi connectivity index (χ1) is 14.0. The number of hydrogen-bond acceptors (Lipinski definition) is 3. The number of rotatable bonds is 6. The first kappa shape index (κ1) is 21.4. The molecule has 0 saturated heterocycles. The summed E-state index contributed by atoms with van der Waals surface area (Å²) in [4.78, 5) is 0.740. The predicted molar refractivity (Wildman–Crippen MR) is 121 cm³/mol. The Morgan fingerprint density at radius 3 is 2.28 bits per heavy atom. The SMILES string of the molecule is O/C(=C(\C(=S)Nc1ccc(SC(F)F)cc1)[n+]1ccccc1)c1ccccc1Br. The number of pyridine rings is 1. The van der Waals surface area contributed by atoms with Crippen molar-refractivity contribution >= 4 is 62.0 Å². The fourth-order valence-electron chi connectivity index (χ4n) is 2.59. The summed E-state index contributed by atoms with van der Waals surface area (Å²) in [6.45, 7) is 0. The Morgan fingerprint density at radius 2 is 1.66 bits per heavy atom. The van der Waals surface area contributed by atoms with Crippen LogP contribution in [-0.4, -0.2) is 15.9 Å². The molecule has 2 N–H and O–H groups in total. The van der Waals surface area contributed by atoms with Gasteiger partial charge in [0, 0.05) is 32.8 Å². The van der Waals surface area contributed by atoms with Gasteiger partial charge < -0.3 is 10.4 Å². The van der Waals surface area contributed by atoms with Crippen molar-refractivity contribution in [1.82, 2.24) is 0 Å². The lowest BCUT2D eigenvalue weighted by Gasteiger charge is -2.11. The van der Waals surface area contributed by atoms with Crippen molar-refractivity contribution in [3.63, 3.8) is 0 Å². The fraction of sp³-hybridized carbons (Fsp3) is 0.0476. The number of aromatic nitrogens is 1. The minimum absolute atomic E-state index is 0.00366. The monoisotopic (exact) mass is 493 g/mol. The summed E-state index contributed by atoms with van der Waals surface area (Å²) in [6, 6.07) is 19.3. The van der Waals surface area contributed by atoms with Crippen LogP contribution in [0, 0.1) is 0 Å². The number of anilines is 1. The molecule has 0 aliphatic heterocycles. The smallest absolute Gasteiger partial charge is 0.288 e. The molecule has 0 radical (unpaired) electrons. The third-order valence-electron chi connectivity index (χ3n) is 3.88. The second-order valence-corrected chi connectivity index (χ2v) is 8.14. The van der Waals surface area contributed by atoms with Gasteiger partial charge in [-0.3, -0.25) is 0 Å². The molecule has 0 fully saturated rings. The standard InChI is InChI=1S/C21H15BrF2N2OS2/c22-17-7-3-2-6-16(17)19(27)18(26-12-4-1-5-13-26)20(28)25-14-8-10-15(11-9-14)29-21(23)24/h1-13,21H,(H-,25,27,28)/p+1. The number of thiocarbonyl (C=S) groups is 1. The van der Waals surface area contributed by atoms with Crippen molar-refractivity contribution in [3.05, 3.63) is 89.2 Å². The molecule has 3 nitrogen and oxygen atoms in total. The number of hydrogen-bond donors (Lipinski definition) is 2. The van der Waals surface area contributed by atoms with Gasteiger partial charge in [0.2, 0.25) is 0 Å². The van der Waals surface area contributed by atoms with Crippen LogP contribution < -0.4 is 9.88 Å². The lowest BCUT2D eigenvalue weighted by molar-refractivity contribution is -0.575. The van der Waals surface area contributed by atoms with Crippen LogP contribution in [-0.2, 0) is 0 Å². The zero-order valence-corrected chi connectivity index (χ0v) is 18.1. The Morgan fingerprint density at radius 1 is 1.00 bits per heavy atom. The van der Waals surface area contributed by atoms with E-state index in [2.05, 4.69) is 21.2 Å². The molecule has 148 valence electrons. The highest BCUT2D eigenvalue weighted by Gasteiger charge is 2.24. The molecule has 0 atom stereocenters. The third-order valence-corrected chi connectivity index (χ3v) is 5.59. The highest BCUT2D eigenvalue weighted by atomic mass is 79.9. The van der Waals surface area contributed by atoms with Crippen LogP contribution >= 0.6 is 39.9 Å². The normalized spacial score (nSPS) is 11.9. The zero-order chi connectivity index (χ0) is 20.8. The molecule has 1 heterocycles. The van der Waals surface area contributed by atoms with Crippen LogP contribution in [0.15, 0.2) is 88.5 Å². The maximum absolute atomic E-state index is 12.5. The number of aliphatic hydroxyl groups is 1. The van der Waals surface area contributed by atoms with Crippen molar-refractivity contribution < 1.29 is 18.5 Å². The van der Waals surface area contributed by atoms with Crippen LogP contribution in [0.1, 0.15) is 5.56 Å². The number of benzene rings is 2. The van der Waals surface area contributed by atoms with Crippen molar-refractivity contribution in [2.45, 2.75) is 10.7 Å². The van der Waals surface area contributed by atoms with Crippen molar-refractivity contribution in [3.8, 4) is 0 Å². The first-order valence-electron chi connectivity index (χ1n) is 8.47. The minimum atomic E-state index is -2.47. The highest BCUT2D eigenvalue weighted by Crippen LogP contribution is 2.28. The number of thioether (sulfide) groups is 1. The average Bonchev–Trinajstić information content (AvgIpc) is 2.70. The Labute approximate surface area is 185 Å². The molecule has 3 rings (SSSR count). The molecule has 0 aliphatic carbocycles. The molecule has 0 spiro atoms. The van der Waals surface area contributed by atoms with Gasteiger partial charge in [0.15, 0.2) is 23.1 Å². The molecule has 0 bridgehead atoms. The summed E-state index contributed by atoms with van der Waals surface area (Å²) < 4.78 is 27.4. The Kier molecular flexibility index (Phi) is 7.35. The summed E-state index contributed by atoms with van der Waals surface area (Å²) in [7, 11) is 0.